The van der Waals surface area contributed by atoms with E-state index in [9.17, 15) is 39.6 Å². The van der Waals surface area contributed by atoms with Gasteiger partial charge < -0.3 is 58.9 Å². The molecule has 17 nitrogen and oxygen atoms in total. The van der Waals surface area contributed by atoms with Crippen molar-refractivity contribution in [1.29, 1.82) is 0 Å². The first-order chi connectivity index (χ1) is 28.5. The summed E-state index contributed by atoms with van der Waals surface area (Å²) in [6, 6.07) is 14.7. The zero-order chi connectivity index (χ0) is 44.6. The zero-order valence-electron chi connectivity index (χ0n) is 35.1. The summed E-state index contributed by atoms with van der Waals surface area (Å²) in [5.74, 6) is -4.59. The minimum atomic E-state index is -2.28. The quantitative estimate of drug-likeness (QED) is 0.105. The van der Waals surface area contributed by atoms with Crippen molar-refractivity contribution in [1.82, 2.24) is 5.32 Å². The Labute approximate surface area is 352 Å². The molecule has 2 aliphatic heterocycles. The summed E-state index contributed by atoms with van der Waals surface area (Å²) in [5.41, 5.74) is -8.28. The van der Waals surface area contributed by atoms with Gasteiger partial charge in [-0.15, -0.1) is 0 Å². The van der Waals surface area contributed by atoms with Crippen LogP contribution in [0.25, 0.3) is 0 Å². The number of nitrogens with one attached hydrogen (secondary N) is 1. The summed E-state index contributed by atoms with van der Waals surface area (Å²) in [7, 11) is 0. The number of ether oxygens (including phenoxy) is 7. The average Bonchev–Trinajstić information content (AvgIpc) is 3.55. The van der Waals surface area contributed by atoms with Crippen LogP contribution in [0.1, 0.15) is 85.3 Å². The van der Waals surface area contributed by atoms with Crippen molar-refractivity contribution in [2.24, 2.45) is 16.7 Å². The van der Waals surface area contributed by atoms with Gasteiger partial charge in [0.1, 0.15) is 23.9 Å². The van der Waals surface area contributed by atoms with Gasteiger partial charge in [0.15, 0.2) is 41.6 Å². The van der Waals surface area contributed by atoms with Gasteiger partial charge in [-0.2, -0.15) is 0 Å². The Balaban J connectivity index is 1.42. The van der Waals surface area contributed by atoms with E-state index in [-0.39, 0.29) is 29.7 Å². The van der Waals surface area contributed by atoms with Gasteiger partial charge in [0.05, 0.1) is 24.2 Å². The molecule has 1 amide bonds. The van der Waals surface area contributed by atoms with Crippen molar-refractivity contribution in [3.63, 3.8) is 0 Å². The van der Waals surface area contributed by atoms with Crippen molar-refractivity contribution < 1.29 is 77.6 Å². The molecule has 2 aromatic carbocycles. The molecule has 13 atom stereocenters. The lowest BCUT2D eigenvalue weighted by Gasteiger charge is -2.67. The molecule has 1 spiro atoms. The van der Waals surface area contributed by atoms with Crippen LogP contribution in [0.3, 0.4) is 0 Å². The number of aliphatic hydroxyl groups is 4. The number of rotatable bonds is 9. The molecule has 3 aliphatic carbocycles. The second kappa shape index (κ2) is 15.5. The molecule has 5 N–H and O–H groups in total. The Morgan fingerprint density at radius 3 is 2.10 bits per heavy atom. The second-order valence-corrected chi connectivity index (χ2v) is 18.2. The number of carbonyl (C=O) groups is 5. The number of benzene rings is 2. The number of Topliss-reactive ketones (excluding diaryl/α,β-unsaturated/α-hetero) is 1. The van der Waals surface area contributed by atoms with Crippen LogP contribution in [0.4, 0.5) is 9.59 Å². The molecule has 4 fully saturated rings. The number of hydrogen-bond donors (Lipinski definition) is 5. The van der Waals surface area contributed by atoms with Gasteiger partial charge in [-0.05, 0) is 51.3 Å². The van der Waals surface area contributed by atoms with E-state index < -0.39 is 119 Å². The maximum absolute atomic E-state index is 15.2. The van der Waals surface area contributed by atoms with Crippen LogP contribution < -0.4 is 5.32 Å². The number of carbonyl (C=O) groups excluding carboxylic acids is 5. The maximum Gasteiger partial charge on any atom is 0.509 e. The molecule has 2 saturated carbocycles. The molecule has 2 saturated heterocycles. The van der Waals surface area contributed by atoms with Crippen LogP contribution in [0.15, 0.2) is 71.8 Å². The van der Waals surface area contributed by atoms with Gasteiger partial charge in [-0.25, -0.2) is 14.4 Å². The normalized spacial score (nSPS) is 35.2. The monoisotopic (exact) mass is 851 g/mol. The topological polar surface area (TPSA) is 243 Å². The highest BCUT2D eigenvalue weighted by Crippen LogP contribution is 2.66. The SMILES string of the molecule is CC(=O)O[C@@]12CO[C@@H]1C[C@H](O)[C@@]1(C)C(=O)[C@H](O)C3=C(C)[C@@H](OC(=O)[C@H](O)[C@@H](NC(=O)OC(C)(C)C)c4ccccc4)[C@@H]4OC(=O)O[C@]4([C@@H](OC(O)c4ccccc4)[C@H]21)C3(C)C. The van der Waals surface area contributed by atoms with E-state index in [2.05, 4.69) is 5.32 Å². The highest BCUT2D eigenvalue weighted by molar-refractivity contribution is 5.94. The minimum Gasteiger partial charge on any atom is -0.454 e. The number of fused-ring (bicyclic) bond motifs is 4. The first kappa shape index (κ1) is 44.2. The molecule has 7 rings (SSSR count). The Hall–Kier alpha value is -4.91. The van der Waals surface area contributed by atoms with E-state index in [1.165, 1.54) is 13.8 Å². The van der Waals surface area contributed by atoms with E-state index in [1.54, 1.807) is 95.3 Å². The Bertz CT molecular complexity index is 2100. The number of amides is 1. The summed E-state index contributed by atoms with van der Waals surface area (Å²) < 4.78 is 42.4. The predicted octanol–water partition coefficient (Wildman–Crippen LogP) is 3.26. The fraction of sp³-hybridized carbons (Fsp3) is 0.568. The van der Waals surface area contributed by atoms with Crippen LogP contribution in [0, 0.1) is 16.7 Å². The van der Waals surface area contributed by atoms with E-state index >= 15 is 4.79 Å². The summed E-state index contributed by atoms with van der Waals surface area (Å²) in [6.07, 6.45) is -16.3. The van der Waals surface area contributed by atoms with Crippen molar-refractivity contribution >= 4 is 30.0 Å². The fourth-order valence-corrected chi connectivity index (χ4v) is 10.4. The lowest BCUT2D eigenvalue weighted by molar-refractivity contribution is -0.361. The lowest BCUT2D eigenvalue weighted by atomic mass is 9.44. The summed E-state index contributed by atoms with van der Waals surface area (Å²) in [4.78, 5) is 69.4. The Kier molecular flexibility index (Phi) is 11.2. The van der Waals surface area contributed by atoms with Crippen molar-refractivity contribution in [3.8, 4) is 0 Å². The van der Waals surface area contributed by atoms with Gasteiger partial charge >= 0.3 is 24.2 Å². The number of aliphatic hydroxyl groups excluding tert-OH is 4. The number of ketones is 1. The third-order valence-electron chi connectivity index (χ3n) is 13.1. The standard InChI is InChI=1S/C44H53NO16/c1-21-27-29(48)33(50)42(8)25(47)19-26-43(20-55-26,59-22(2)46)32(42)35(57-36(51)24-17-13-10-14-18-24)44(41(27,6)7)34(58-39(54)61-44)31(21)56-37(52)30(49)28(23-15-11-9-12-16-23)45-38(53)60-40(3,4)5/h9-18,25-26,28-32,34-36,47-49,51H,19-20H2,1-8H3,(H,45,53)/t25-,26+,28-,29+,30+,31+,32-,34-,35-,36?,42+,43-,44+/m0/s1. The molecule has 2 heterocycles. The van der Waals surface area contributed by atoms with Crippen LogP contribution >= 0.6 is 0 Å². The van der Waals surface area contributed by atoms with Crippen LogP contribution in [-0.2, 0) is 47.5 Å². The maximum atomic E-state index is 15.2. The van der Waals surface area contributed by atoms with E-state index in [0.29, 0.717) is 5.56 Å². The number of esters is 2. The number of alkyl carbamates (subject to hydrolysis) is 1. The van der Waals surface area contributed by atoms with E-state index in [1.807, 2.05) is 0 Å². The van der Waals surface area contributed by atoms with Gasteiger partial charge in [0, 0.05) is 30.2 Å². The predicted molar refractivity (Wildman–Crippen MR) is 209 cm³/mol. The van der Waals surface area contributed by atoms with Crippen molar-refractivity contribution in [2.45, 2.75) is 134 Å². The number of hydrogen-bond acceptors (Lipinski definition) is 16. The molecule has 2 aromatic rings. The first-order valence-electron chi connectivity index (χ1n) is 20.1. The Morgan fingerprint density at radius 2 is 1.54 bits per heavy atom. The third kappa shape index (κ3) is 6.99. The Morgan fingerprint density at radius 1 is 0.934 bits per heavy atom. The van der Waals surface area contributed by atoms with Gasteiger partial charge in [0.2, 0.25) is 0 Å². The molecule has 61 heavy (non-hydrogen) atoms. The van der Waals surface area contributed by atoms with Crippen molar-refractivity contribution in [2.75, 3.05) is 6.61 Å². The molecule has 330 valence electrons. The molecule has 2 bridgehead atoms. The van der Waals surface area contributed by atoms with Crippen LogP contribution in [0.5, 0.6) is 0 Å². The summed E-state index contributed by atoms with van der Waals surface area (Å²) in [5, 5.41) is 50.6. The van der Waals surface area contributed by atoms with Crippen molar-refractivity contribution in [3.05, 3.63) is 82.9 Å². The highest BCUT2D eigenvalue weighted by Gasteiger charge is 2.82. The van der Waals surface area contributed by atoms with E-state index in [4.69, 9.17) is 33.2 Å². The summed E-state index contributed by atoms with van der Waals surface area (Å²) >= 11 is 0. The van der Waals surface area contributed by atoms with Gasteiger partial charge in [-0.1, -0.05) is 74.5 Å². The smallest absolute Gasteiger partial charge is 0.454 e. The molecular weight excluding hydrogens is 798 g/mol. The third-order valence-corrected chi connectivity index (χ3v) is 13.1. The van der Waals surface area contributed by atoms with Crippen LogP contribution in [0.2, 0.25) is 0 Å². The molecular formula is C44H53NO16. The molecule has 5 aliphatic rings. The van der Waals surface area contributed by atoms with Gasteiger partial charge in [-0.3, -0.25) is 9.59 Å². The largest absolute Gasteiger partial charge is 0.509 e. The zero-order valence-corrected chi connectivity index (χ0v) is 35.1. The van der Waals surface area contributed by atoms with Crippen LogP contribution in [-0.4, -0.2) is 117 Å². The minimum absolute atomic E-state index is 0.0379. The molecule has 1 unspecified atom stereocenters. The fourth-order valence-electron chi connectivity index (χ4n) is 10.4. The van der Waals surface area contributed by atoms with Gasteiger partial charge in [0.25, 0.3) is 0 Å². The molecule has 0 radical (unpaired) electrons. The first-order valence-corrected chi connectivity index (χ1v) is 20.1. The highest BCUT2D eigenvalue weighted by atomic mass is 16.8. The summed E-state index contributed by atoms with van der Waals surface area (Å²) in [6.45, 7) is 11.7. The molecule has 17 heteroatoms. The second-order valence-electron chi connectivity index (χ2n) is 18.2. The van der Waals surface area contributed by atoms with E-state index in [0.717, 1.165) is 6.92 Å². The average molecular weight is 852 g/mol. The lowest BCUT2D eigenvalue weighted by Crippen LogP contribution is -2.83. The molecule has 0 aromatic heterocycles.